The first-order chi connectivity index (χ1) is 11.2. The van der Waals surface area contributed by atoms with E-state index < -0.39 is 9.84 Å². The fourth-order valence-electron chi connectivity index (χ4n) is 2.25. The van der Waals surface area contributed by atoms with Crippen molar-refractivity contribution < 1.29 is 13.2 Å². The van der Waals surface area contributed by atoms with Crippen LogP contribution in [0.1, 0.15) is 5.56 Å². The molecule has 0 aliphatic rings. The van der Waals surface area contributed by atoms with Crippen molar-refractivity contribution in [2.24, 2.45) is 0 Å². The van der Waals surface area contributed by atoms with Crippen LogP contribution in [0.3, 0.4) is 0 Å². The van der Waals surface area contributed by atoms with E-state index in [9.17, 15) is 8.42 Å². The van der Waals surface area contributed by atoms with Gasteiger partial charge >= 0.3 is 0 Å². The lowest BCUT2D eigenvalue weighted by Gasteiger charge is -2.12. The number of benzene rings is 3. The molecule has 3 nitrogen and oxygen atoms in total. The summed E-state index contributed by atoms with van der Waals surface area (Å²) >= 11 is 0. The van der Waals surface area contributed by atoms with Crippen LogP contribution in [0.2, 0.25) is 0 Å². The van der Waals surface area contributed by atoms with Crippen LogP contribution in [0, 0.1) is 0 Å². The van der Waals surface area contributed by atoms with Gasteiger partial charge in [-0.25, -0.2) is 8.42 Å². The van der Waals surface area contributed by atoms with Crippen molar-refractivity contribution in [3.8, 4) is 5.75 Å². The van der Waals surface area contributed by atoms with Crippen molar-refractivity contribution in [3.63, 3.8) is 0 Å². The second-order valence-electron chi connectivity index (χ2n) is 5.04. The molecule has 4 heteroatoms. The van der Waals surface area contributed by atoms with Crippen LogP contribution in [-0.2, 0) is 16.4 Å². The summed E-state index contributed by atoms with van der Waals surface area (Å²) in [4.78, 5) is 0.442. The van der Waals surface area contributed by atoms with Crippen molar-refractivity contribution in [2.75, 3.05) is 0 Å². The maximum atomic E-state index is 12.8. The second kappa shape index (κ2) is 6.67. The molecule has 0 amide bonds. The van der Waals surface area contributed by atoms with E-state index in [0.29, 0.717) is 12.4 Å². The molecule has 0 saturated heterocycles. The van der Waals surface area contributed by atoms with E-state index in [0.717, 1.165) is 5.56 Å². The first kappa shape index (κ1) is 15.3. The fourth-order valence-corrected chi connectivity index (χ4v) is 3.67. The van der Waals surface area contributed by atoms with Gasteiger partial charge in [0.15, 0.2) is 0 Å². The van der Waals surface area contributed by atoms with Crippen molar-refractivity contribution in [1.82, 2.24) is 0 Å². The third kappa shape index (κ3) is 3.43. The van der Waals surface area contributed by atoms with Gasteiger partial charge in [-0.15, -0.1) is 0 Å². The third-order valence-electron chi connectivity index (χ3n) is 3.43. The summed E-state index contributed by atoms with van der Waals surface area (Å²) in [6.07, 6.45) is 0. The van der Waals surface area contributed by atoms with Crippen LogP contribution in [0.15, 0.2) is 94.7 Å². The number of ether oxygens (including phenoxy) is 1. The lowest BCUT2D eigenvalue weighted by Crippen LogP contribution is -2.05. The SMILES string of the molecule is O=S(=O)(c1ccccc1)c1ccccc1OCc1ccccc1. The Balaban J connectivity index is 1.92. The molecule has 0 unspecified atom stereocenters. The zero-order valence-corrected chi connectivity index (χ0v) is 13.2. The molecule has 0 aliphatic heterocycles. The molecule has 3 aromatic carbocycles. The second-order valence-corrected chi connectivity index (χ2v) is 6.96. The zero-order valence-electron chi connectivity index (χ0n) is 12.4. The maximum Gasteiger partial charge on any atom is 0.210 e. The van der Waals surface area contributed by atoms with Gasteiger partial charge < -0.3 is 4.74 Å². The number of hydrogen-bond donors (Lipinski definition) is 0. The Kier molecular flexibility index (Phi) is 4.44. The summed E-state index contributed by atoms with van der Waals surface area (Å²) in [5.74, 6) is 0.361. The molecule has 0 bridgehead atoms. The molecule has 0 spiro atoms. The standard InChI is InChI=1S/C19H16O3S/c20-23(21,17-11-5-2-6-12-17)19-14-8-7-13-18(19)22-15-16-9-3-1-4-10-16/h1-14H,15H2. The quantitative estimate of drug-likeness (QED) is 0.710. The highest BCUT2D eigenvalue weighted by molar-refractivity contribution is 7.91. The fraction of sp³-hybridized carbons (Fsp3) is 0.0526. The molecule has 0 aliphatic carbocycles. The number of hydrogen-bond acceptors (Lipinski definition) is 3. The molecule has 0 saturated carbocycles. The number of sulfone groups is 1. The van der Waals surface area contributed by atoms with Gasteiger partial charge in [-0.2, -0.15) is 0 Å². The summed E-state index contributed by atoms with van der Waals surface area (Å²) in [6.45, 7) is 0.322. The predicted octanol–water partition coefficient (Wildman–Crippen LogP) is 4.10. The monoisotopic (exact) mass is 324 g/mol. The Morgan fingerprint density at radius 3 is 1.96 bits per heavy atom. The van der Waals surface area contributed by atoms with Crippen molar-refractivity contribution in [3.05, 3.63) is 90.5 Å². The van der Waals surface area contributed by atoms with Crippen LogP contribution in [-0.4, -0.2) is 8.42 Å². The van der Waals surface area contributed by atoms with Gasteiger partial charge in [-0.1, -0.05) is 60.7 Å². The molecule has 0 atom stereocenters. The lowest BCUT2D eigenvalue weighted by molar-refractivity contribution is 0.298. The largest absolute Gasteiger partial charge is 0.488 e. The van der Waals surface area contributed by atoms with E-state index in [-0.39, 0.29) is 9.79 Å². The summed E-state index contributed by atoms with van der Waals surface area (Å²) in [5.41, 5.74) is 0.986. The average Bonchev–Trinajstić information content (AvgIpc) is 2.62. The smallest absolute Gasteiger partial charge is 0.210 e. The summed E-state index contributed by atoms with van der Waals surface area (Å²) in [7, 11) is -3.60. The van der Waals surface area contributed by atoms with Gasteiger partial charge in [0.2, 0.25) is 9.84 Å². The minimum absolute atomic E-state index is 0.183. The number of para-hydroxylation sites is 1. The van der Waals surface area contributed by atoms with Crippen molar-refractivity contribution in [2.45, 2.75) is 16.4 Å². The molecule has 3 aromatic rings. The molecule has 0 heterocycles. The van der Waals surface area contributed by atoms with Gasteiger partial charge in [0, 0.05) is 0 Å². The Bertz CT molecular complexity index is 873. The van der Waals surface area contributed by atoms with Crippen molar-refractivity contribution in [1.29, 1.82) is 0 Å². The first-order valence-electron chi connectivity index (χ1n) is 7.24. The van der Waals surface area contributed by atoms with E-state index in [2.05, 4.69) is 0 Å². The van der Waals surface area contributed by atoms with Gasteiger partial charge in [0.1, 0.15) is 17.3 Å². The molecule has 0 fully saturated rings. The lowest BCUT2D eigenvalue weighted by atomic mass is 10.2. The highest BCUT2D eigenvalue weighted by Gasteiger charge is 2.21. The molecule has 3 rings (SSSR count). The molecule has 0 radical (unpaired) electrons. The first-order valence-corrected chi connectivity index (χ1v) is 8.72. The Hall–Kier alpha value is -2.59. The van der Waals surface area contributed by atoms with E-state index in [1.165, 1.54) is 0 Å². The Morgan fingerprint density at radius 1 is 0.696 bits per heavy atom. The van der Waals surface area contributed by atoms with Crippen LogP contribution < -0.4 is 4.74 Å². The van der Waals surface area contributed by atoms with Gasteiger partial charge in [-0.05, 0) is 29.8 Å². The van der Waals surface area contributed by atoms with Crippen LogP contribution in [0.25, 0.3) is 0 Å². The molecule has 0 aromatic heterocycles. The molecule has 116 valence electrons. The Labute approximate surface area is 136 Å². The highest BCUT2D eigenvalue weighted by atomic mass is 32.2. The van der Waals surface area contributed by atoms with Gasteiger partial charge in [0.05, 0.1) is 4.90 Å². The average molecular weight is 324 g/mol. The Morgan fingerprint density at radius 2 is 1.26 bits per heavy atom. The summed E-state index contributed by atoms with van der Waals surface area (Å²) in [6, 6.07) is 24.7. The highest BCUT2D eigenvalue weighted by Crippen LogP contribution is 2.29. The molecular weight excluding hydrogens is 308 g/mol. The van der Waals surface area contributed by atoms with E-state index in [4.69, 9.17) is 4.74 Å². The topological polar surface area (TPSA) is 43.4 Å². The van der Waals surface area contributed by atoms with E-state index in [1.54, 1.807) is 54.6 Å². The van der Waals surface area contributed by atoms with Gasteiger partial charge in [0.25, 0.3) is 0 Å². The normalized spacial score (nSPS) is 11.1. The van der Waals surface area contributed by atoms with Crippen LogP contribution in [0.5, 0.6) is 5.75 Å². The maximum absolute atomic E-state index is 12.8. The molecule has 23 heavy (non-hydrogen) atoms. The van der Waals surface area contributed by atoms with E-state index in [1.807, 2.05) is 30.3 Å². The van der Waals surface area contributed by atoms with Crippen LogP contribution >= 0.6 is 0 Å². The minimum atomic E-state index is -3.60. The van der Waals surface area contributed by atoms with Crippen molar-refractivity contribution >= 4 is 9.84 Å². The molecular formula is C19H16O3S. The van der Waals surface area contributed by atoms with Crippen LogP contribution in [0.4, 0.5) is 0 Å². The zero-order chi connectivity index (χ0) is 16.1. The minimum Gasteiger partial charge on any atom is -0.488 e. The number of rotatable bonds is 5. The van der Waals surface area contributed by atoms with Gasteiger partial charge in [-0.3, -0.25) is 0 Å². The predicted molar refractivity (Wildman–Crippen MR) is 89.1 cm³/mol. The third-order valence-corrected chi connectivity index (χ3v) is 5.24. The summed E-state index contributed by atoms with van der Waals surface area (Å²) < 4.78 is 31.3. The molecule has 0 N–H and O–H groups in total. The van der Waals surface area contributed by atoms with E-state index >= 15 is 0 Å². The summed E-state index contributed by atoms with van der Waals surface area (Å²) in [5, 5.41) is 0.